The summed E-state index contributed by atoms with van der Waals surface area (Å²) in [7, 11) is 0. The van der Waals surface area contributed by atoms with Crippen molar-refractivity contribution in [2.75, 3.05) is 0 Å². The largest absolute Gasteiger partial charge is 0.390 e. The van der Waals surface area contributed by atoms with Crippen LogP contribution in [0.5, 0.6) is 0 Å². The van der Waals surface area contributed by atoms with Crippen LogP contribution in [0.1, 0.15) is 26.2 Å². The number of rotatable bonds is 4. The molecule has 0 aliphatic carbocycles. The van der Waals surface area contributed by atoms with E-state index in [2.05, 4.69) is 0 Å². The van der Waals surface area contributed by atoms with Gasteiger partial charge in [-0.2, -0.15) is 0 Å². The van der Waals surface area contributed by atoms with Crippen molar-refractivity contribution in [1.29, 1.82) is 0 Å². The highest BCUT2D eigenvalue weighted by atomic mass is 16.6. The molecule has 0 unspecified atom stereocenters. The Kier molecular flexibility index (Phi) is 5.10. The maximum absolute atomic E-state index is 9.71. The zero-order valence-electron chi connectivity index (χ0n) is 9.23. The van der Waals surface area contributed by atoms with E-state index in [4.69, 9.17) is 4.74 Å². The molecule has 0 aromatic rings. The van der Waals surface area contributed by atoms with E-state index in [0.29, 0.717) is 6.42 Å². The van der Waals surface area contributed by atoms with Gasteiger partial charge in [0.2, 0.25) is 0 Å². The van der Waals surface area contributed by atoms with Crippen LogP contribution in [0.25, 0.3) is 0 Å². The van der Waals surface area contributed by atoms with Crippen LogP contribution in [0, 0.1) is 0 Å². The first-order valence-corrected chi connectivity index (χ1v) is 5.54. The fraction of sp³-hybridized carbons (Fsp3) is 1.00. The number of ether oxygens (including phenoxy) is 1. The monoisotopic (exact) mass is 236 g/mol. The zero-order chi connectivity index (χ0) is 12.3. The Hall–Kier alpha value is -0.240. The molecule has 6 atom stereocenters. The van der Waals surface area contributed by atoms with Gasteiger partial charge in [-0.25, -0.2) is 0 Å². The topological polar surface area (TPSA) is 110 Å². The second kappa shape index (κ2) is 5.90. The van der Waals surface area contributed by atoms with Crippen molar-refractivity contribution >= 4 is 0 Å². The Morgan fingerprint density at radius 1 is 1.06 bits per heavy atom. The van der Waals surface area contributed by atoms with Crippen molar-refractivity contribution < 1.29 is 30.3 Å². The zero-order valence-corrected chi connectivity index (χ0v) is 9.23. The van der Waals surface area contributed by atoms with Gasteiger partial charge in [-0.15, -0.1) is 0 Å². The molecular formula is C10H20O6. The summed E-state index contributed by atoms with van der Waals surface area (Å²) in [5.74, 6) is 0. The van der Waals surface area contributed by atoms with Gasteiger partial charge in [-0.05, 0) is 6.42 Å². The molecule has 16 heavy (non-hydrogen) atoms. The minimum absolute atomic E-state index is 0.410. The number of hydrogen-bond donors (Lipinski definition) is 5. The number of unbranched alkanes of at least 4 members (excludes halogenated alkanes) is 1. The molecular weight excluding hydrogens is 216 g/mol. The summed E-state index contributed by atoms with van der Waals surface area (Å²) in [6.07, 6.45) is -6.03. The predicted octanol–water partition coefficient (Wildman–Crippen LogP) is -1.66. The molecule has 1 saturated heterocycles. The average Bonchev–Trinajstić information content (AvgIpc) is 2.28. The lowest BCUT2D eigenvalue weighted by atomic mass is 9.93. The lowest BCUT2D eigenvalue weighted by molar-refractivity contribution is -0.297. The van der Waals surface area contributed by atoms with Gasteiger partial charge >= 0.3 is 0 Å². The first-order valence-electron chi connectivity index (χ1n) is 5.54. The summed E-state index contributed by atoms with van der Waals surface area (Å²) >= 11 is 0. The fourth-order valence-corrected chi connectivity index (χ4v) is 1.78. The summed E-state index contributed by atoms with van der Waals surface area (Å²) in [6.45, 7) is 1.96. The highest BCUT2D eigenvalue weighted by Gasteiger charge is 2.45. The van der Waals surface area contributed by atoms with Crippen LogP contribution in [0.3, 0.4) is 0 Å². The van der Waals surface area contributed by atoms with E-state index in [1.807, 2.05) is 6.92 Å². The average molecular weight is 236 g/mol. The van der Waals surface area contributed by atoms with Crippen LogP contribution in [0.4, 0.5) is 0 Å². The molecule has 0 amide bonds. The van der Waals surface area contributed by atoms with Crippen molar-refractivity contribution in [2.45, 2.75) is 63.0 Å². The first-order chi connectivity index (χ1) is 7.49. The summed E-state index contributed by atoms with van der Waals surface area (Å²) in [5.41, 5.74) is 0. The Labute approximate surface area is 94.1 Å². The molecule has 1 rings (SSSR count). The third kappa shape index (κ3) is 2.91. The van der Waals surface area contributed by atoms with Crippen LogP contribution in [-0.4, -0.2) is 62.3 Å². The normalized spacial score (nSPS) is 42.0. The van der Waals surface area contributed by atoms with Gasteiger partial charge in [-0.3, -0.25) is 0 Å². The minimum Gasteiger partial charge on any atom is -0.390 e. The van der Waals surface area contributed by atoms with Crippen LogP contribution < -0.4 is 0 Å². The Balaban J connectivity index is 2.59. The van der Waals surface area contributed by atoms with E-state index in [9.17, 15) is 25.5 Å². The number of hydrogen-bond acceptors (Lipinski definition) is 6. The van der Waals surface area contributed by atoms with Crippen molar-refractivity contribution in [3.05, 3.63) is 0 Å². The Bertz CT molecular complexity index is 211. The van der Waals surface area contributed by atoms with E-state index in [1.165, 1.54) is 0 Å². The summed E-state index contributed by atoms with van der Waals surface area (Å²) in [6, 6.07) is 0. The molecule has 0 aromatic heterocycles. The smallest absolute Gasteiger partial charge is 0.184 e. The SMILES string of the molecule is CCCC[C@H](O)[C@H]1O[C@@H](O)[C@H](O)[C@@H](O)[C@@H]1O. The molecule has 1 fully saturated rings. The van der Waals surface area contributed by atoms with Gasteiger partial charge in [0.05, 0.1) is 6.10 Å². The van der Waals surface area contributed by atoms with Gasteiger partial charge in [0, 0.05) is 0 Å². The van der Waals surface area contributed by atoms with Crippen molar-refractivity contribution in [1.82, 2.24) is 0 Å². The maximum atomic E-state index is 9.71. The summed E-state index contributed by atoms with van der Waals surface area (Å²) in [4.78, 5) is 0. The minimum atomic E-state index is -1.58. The molecule has 5 N–H and O–H groups in total. The van der Waals surface area contributed by atoms with Gasteiger partial charge in [-0.1, -0.05) is 19.8 Å². The van der Waals surface area contributed by atoms with Gasteiger partial charge in [0.15, 0.2) is 6.29 Å². The second-order valence-electron chi connectivity index (χ2n) is 4.17. The second-order valence-corrected chi connectivity index (χ2v) is 4.17. The molecule has 0 radical (unpaired) electrons. The molecule has 6 nitrogen and oxygen atoms in total. The van der Waals surface area contributed by atoms with E-state index in [-0.39, 0.29) is 0 Å². The highest BCUT2D eigenvalue weighted by Crippen LogP contribution is 2.23. The quantitative estimate of drug-likeness (QED) is 0.399. The molecule has 0 bridgehead atoms. The molecule has 96 valence electrons. The van der Waals surface area contributed by atoms with Crippen LogP contribution in [0.15, 0.2) is 0 Å². The van der Waals surface area contributed by atoms with E-state index < -0.39 is 36.8 Å². The van der Waals surface area contributed by atoms with Crippen molar-refractivity contribution in [3.63, 3.8) is 0 Å². The van der Waals surface area contributed by atoms with Crippen molar-refractivity contribution in [2.24, 2.45) is 0 Å². The molecule has 0 aromatic carbocycles. The van der Waals surface area contributed by atoms with Gasteiger partial charge < -0.3 is 30.3 Å². The predicted molar refractivity (Wildman–Crippen MR) is 54.4 cm³/mol. The van der Waals surface area contributed by atoms with Crippen LogP contribution >= 0.6 is 0 Å². The molecule has 1 aliphatic rings. The van der Waals surface area contributed by atoms with Gasteiger partial charge in [0.25, 0.3) is 0 Å². The molecule has 1 aliphatic heterocycles. The number of aliphatic hydroxyl groups is 5. The summed E-state index contributed by atoms with van der Waals surface area (Å²) in [5, 5.41) is 47.2. The van der Waals surface area contributed by atoms with Crippen molar-refractivity contribution in [3.8, 4) is 0 Å². The molecule has 1 heterocycles. The number of aliphatic hydroxyl groups excluding tert-OH is 5. The fourth-order valence-electron chi connectivity index (χ4n) is 1.78. The Morgan fingerprint density at radius 3 is 2.25 bits per heavy atom. The maximum Gasteiger partial charge on any atom is 0.184 e. The standard InChI is InChI=1S/C10H20O6/c1-2-3-4-5(11)9-7(13)6(12)8(14)10(15)16-9/h5-15H,2-4H2,1H3/t5-,6-,7-,8+,9+,10+/m0/s1. The molecule has 0 spiro atoms. The van der Waals surface area contributed by atoms with Crippen LogP contribution in [0.2, 0.25) is 0 Å². The lowest BCUT2D eigenvalue weighted by Gasteiger charge is -2.40. The highest BCUT2D eigenvalue weighted by molar-refractivity contribution is 4.91. The Morgan fingerprint density at radius 2 is 1.69 bits per heavy atom. The van der Waals surface area contributed by atoms with E-state index >= 15 is 0 Å². The first kappa shape index (κ1) is 13.8. The lowest BCUT2D eigenvalue weighted by Crippen LogP contribution is -2.60. The third-order valence-corrected chi connectivity index (χ3v) is 2.86. The van der Waals surface area contributed by atoms with Gasteiger partial charge in [0.1, 0.15) is 24.4 Å². The van der Waals surface area contributed by atoms with Crippen LogP contribution in [-0.2, 0) is 4.74 Å². The molecule has 6 heteroatoms. The summed E-state index contributed by atoms with van der Waals surface area (Å²) < 4.78 is 4.89. The molecule has 0 saturated carbocycles. The van der Waals surface area contributed by atoms with E-state index in [1.54, 1.807) is 0 Å². The third-order valence-electron chi connectivity index (χ3n) is 2.86. The van der Waals surface area contributed by atoms with E-state index in [0.717, 1.165) is 12.8 Å².